The molecule has 0 fully saturated rings. The van der Waals surface area contributed by atoms with E-state index in [-0.39, 0.29) is 0 Å². The molecule has 0 atom stereocenters. The number of rotatable bonds is 7. The first-order valence-corrected chi connectivity index (χ1v) is 7.63. The zero-order valence-electron chi connectivity index (χ0n) is 14.3. The number of aryl methyl sites for hydroxylation is 1. The van der Waals surface area contributed by atoms with Crippen LogP contribution in [0.3, 0.4) is 0 Å². The maximum Gasteiger partial charge on any atom is 0.194 e. The Balaban J connectivity index is 2.13. The van der Waals surface area contributed by atoms with Crippen LogP contribution in [0, 0.1) is 0 Å². The Morgan fingerprint density at radius 1 is 1.00 bits per heavy atom. The number of methoxy groups -OCH3 is 2. The van der Waals surface area contributed by atoms with Crippen LogP contribution in [0.25, 0.3) is 11.3 Å². The number of aromatic amines is 1. The average Bonchev–Trinajstić information content (AvgIpc) is 2.89. The SMILES string of the molecule is COc1ccc(-c2cc(CCC[N+](C)(C)C)c(OC)[nH]2)cc1. The van der Waals surface area contributed by atoms with Gasteiger partial charge in [-0.1, -0.05) is 0 Å². The van der Waals surface area contributed by atoms with Crippen molar-refractivity contribution in [3.8, 4) is 22.9 Å². The summed E-state index contributed by atoms with van der Waals surface area (Å²) < 4.78 is 11.7. The molecule has 2 rings (SSSR count). The number of hydrogen-bond acceptors (Lipinski definition) is 2. The van der Waals surface area contributed by atoms with Gasteiger partial charge in [-0.3, -0.25) is 0 Å². The molecule has 0 radical (unpaired) electrons. The smallest absolute Gasteiger partial charge is 0.194 e. The number of nitrogens with zero attached hydrogens (tertiary/aromatic N) is 1. The van der Waals surface area contributed by atoms with Gasteiger partial charge in [0, 0.05) is 17.7 Å². The molecule has 0 saturated heterocycles. The van der Waals surface area contributed by atoms with Crippen LogP contribution in [0.4, 0.5) is 0 Å². The summed E-state index contributed by atoms with van der Waals surface area (Å²) in [6, 6.07) is 10.2. The van der Waals surface area contributed by atoms with Crippen molar-refractivity contribution in [2.75, 3.05) is 41.9 Å². The van der Waals surface area contributed by atoms with E-state index in [9.17, 15) is 0 Å². The third kappa shape index (κ3) is 4.28. The van der Waals surface area contributed by atoms with Gasteiger partial charge in [-0.25, -0.2) is 0 Å². The van der Waals surface area contributed by atoms with Gasteiger partial charge in [0.05, 0.1) is 41.9 Å². The fourth-order valence-corrected chi connectivity index (χ4v) is 2.52. The van der Waals surface area contributed by atoms with E-state index in [0.717, 1.165) is 46.8 Å². The van der Waals surface area contributed by atoms with E-state index in [1.54, 1.807) is 14.2 Å². The van der Waals surface area contributed by atoms with Gasteiger partial charge in [0.15, 0.2) is 5.88 Å². The highest BCUT2D eigenvalue weighted by Crippen LogP contribution is 2.28. The number of nitrogens with one attached hydrogen (secondary N) is 1. The number of benzene rings is 1. The zero-order chi connectivity index (χ0) is 16.2. The molecule has 1 aromatic heterocycles. The molecule has 2 aromatic rings. The Morgan fingerprint density at radius 3 is 2.23 bits per heavy atom. The summed E-state index contributed by atoms with van der Waals surface area (Å²) in [6.45, 7) is 1.15. The number of H-pyrrole nitrogens is 1. The summed E-state index contributed by atoms with van der Waals surface area (Å²) >= 11 is 0. The summed E-state index contributed by atoms with van der Waals surface area (Å²) in [6.07, 6.45) is 2.16. The lowest BCUT2D eigenvalue weighted by atomic mass is 10.1. The van der Waals surface area contributed by atoms with Crippen LogP contribution in [0.5, 0.6) is 11.6 Å². The molecule has 0 unspecified atom stereocenters. The third-order valence-corrected chi connectivity index (χ3v) is 3.74. The summed E-state index contributed by atoms with van der Waals surface area (Å²) in [5.74, 6) is 1.73. The van der Waals surface area contributed by atoms with Crippen LogP contribution in [0.15, 0.2) is 30.3 Å². The van der Waals surface area contributed by atoms with E-state index in [2.05, 4.69) is 44.3 Å². The van der Waals surface area contributed by atoms with Crippen LogP contribution in [0.1, 0.15) is 12.0 Å². The van der Waals surface area contributed by atoms with E-state index in [1.807, 2.05) is 12.1 Å². The first-order chi connectivity index (χ1) is 10.4. The Morgan fingerprint density at radius 2 is 1.68 bits per heavy atom. The third-order valence-electron chi connectivity index (χ3n) is 3.74. The van der Waals surface area contributed by atoms with Crippen molar-refractivity contribution in [1.82, 2.24) is 4.98 Å². The van der Waals surface area contributed by atoms with Crippen molar-refractivity contribution < 1.29 is 14.0 Å². The van der Waals surface area contributed by atoms with Gasteiger partial charge in [0.1, 0.15) is 5.75 Å². The van der Waals surface area contributed by atoms with E-state index in [1.165, 1.54) is 5.56 Å². The van der Waals surface area contributed by atoms with Gasteiger partial charge in [-0.2, -0.15) is 0 Å². The molecule has 0 aliphatic carbocycles. The van der Waals surface area contributed by atoms with Gasteiger partial charge in [-0.05, 0) is 42.3 Å². The van der Waals surface area contributed by atoms with Crippen molar-refractivity contribution in [1.29, 1.82) is 0 Å². The Kier molecular flexibility index (Phi) is 5.14. The fraction of sp³-hybridized carbons (Fsp3) is 0.444. The van der Waals surface area contributed by atoms with Gasteiger partial charge in [-0.15, -0.1) is 0 Å². The monoisotopic (exact) mass is 303 g/mol. The zero-order valence-corrected chi connectivity index (χ0v) is 14.3. The van der Waals surface area contributed by atoms with Crippen molar-refractivity contribution in [3.63, 3.8) is 0 Å². The summed E-state index contributed by atoms with van der Waals surface area (Å²) in [5, 5.41) is 0. The van der Waals surface area contributed by atoms with Crippen LogP contribution >= 0.6 is 0 Å². The summed E-state index contributed by atoms with van der Waals surface area (Å²) in [4.78, 5) is 3.36. The second kappa shape index (κ2) is 6.88. The van der Waals surface area contributed by atoms with Gasteiger partial charge in [0.2, 0.25) is 0 Å². The Hall–Kier alpha value is -1.94. The minimum absolute atomic E-state index is 0.866. The topological polar surface area (TPSA) is 34.2 Å². The predicted molar refractivity (Wildman–Crippen MR) is 90.6 cm³/mol. The lowest BCUT2D eigenvalue weighted by Gasteiger charge is -2.23. The number of ether oxygens (including phenoxy) is 2. The maximum absolute atomic E-state index is 5.49. The largest absolute Gasteiger partial charge is 0.497 e. The average molecular weight is 303 g/mol. The molecule has 22 heavy (non-hydrogen) atoms. The second-order valence-electron chi connectivity index (χ2n) is 6.59. The summed E-state index contributed by atoms with van der Waals surface area (Å²) in [7, 11) is 10.1. The molecule has 0 aliphatic rings. The second-order valence-corrected chi connectivity index (χ2v) is 6.59. The first-order valence-electron chi connectivity index (χ1n) is 7.63. The molecule has 0 aliphatic heterocycles. The molecule has 4 heteroatoms. The van der Waals surface area contributed by atoms with Crippen molar-refractivity contribution in [2.45, 2.75) is 12.8 Å². The molecule has 1 aromatic carbocycles. The molecule has 1 N–H and O–H groups in total. The van der Waals surface area contributed by atoms with Crippen molar-refractivity contribution in [2.24, 2.45) is 0 Å². The molecule has 0 saturated carbocycles. The van der Waals surface area contributed by atoms with E-state index >= 15 is 0 Å². The van der Waals surface area contributed by atoms with E-state index in [4.69, 9.17) is 9.47 Å². The normalized spacial score (nSPS) is 11.5. The van der Waals surface area contributed by atoms with Gasteiger partial charge >= 0.3 is 0 Å². The molecule has 0 bridgehead atoms. The first kappa shape index (κ1) is 16.4. The minimum atomic E-state index is 0.866. The number of quaternary nitrogens is 1. The van der Waals surface area contributed by atoms with Crippen LogP contribution in [0.2, 0.25) is 0 Å². The Labute approximate surface area is 133 Å². The molecular formula is C18H27N2O2+. The van der Waals surface area contributed by atoms with E-state index < -0.39 is 0 Å². The lowest BCUT2D eigenvalue weighted by molar-refractivity contribution is -0.870. The highest BCUT2D eigenvalue weighted by Gasteiger charge is 2.12. The van der Waals surface area contributed by atoms with Crippen LogP contribution in [-0.2, 0) is 6.42 Å². The molecular weight excluding hydrogens is 276 g/mol. The molecule has 4 nitrogen and oxygen atoms in total. The quantitative estimate of drug-likeness (QED) is 0.796. The summed E-state index contributed by atoms with van der Waals surface area (Å²) in [5.41, 5.74) is 3.46. The minimum Gasteiger partial charge on any atom is -0.497 e. The van der Waals surface area contributed by atoms with Crippen LogP contribution < -0.4 is 9.47 Å². The van der Waals surface area contributed by atoms with Crippen molar-refractivity contribution >= 4 is 0 Å². The molecule has 0 spiro atoms. The molecule has 0 amide bonds. The Bertz CT molecular complexity index is 595. The molecule has 1 heterocycles. The van der Waals surface area contributed by atoms with E-state index in [0.29, 0.717) is 0 Å². The fourth-order valence-electron chi connectivity index (χ4n) is 2.52. The highest BCUT2D eigenvalue weighted by molar-refractivity contribution is 5.63. The standard InChI is InChI=1S/C18H27N2O2/c1-20(2,3)12-6-7-15-13-17(19-18(15)22-5)14-8-10-16(21-4)11-9-14/h8-11,13,19H,6-7,12H2,1-5H3/q+1. The van der Waals surface area contributed by atoms with Crippen molar-refractivity contribution in [3.05, 3.63) is 35.9 Å². The number of hydrogen-bond donors (Lipinski definition) is 1. The van der Waals surface area contributed by atoms with Gasteiger partial charge < -0.3 is 18.9 Å². The van der Waals surface area contributed by atoms with Gasteiger partial charge in [0.25, 0.3) is 0 Å². The molecule has 120 valence electrons. The predicted octanol–water partition coefficient (Wildman–Crippen LogP) is 3.34. The lowest BCUT2D eigenvalue weighted by Crippen LogP contribution is -2.35. The van der Waals surface area contributed by atoms with Crippen LogP contribution in [-0.4, -0.2) is 51.4 Å². The highest BCUT2D eigenvalue weighted by atomic mass is 16.5. The maximum atomic E-state index is 5.49. The number of aromatic nitrogens is 1.